The van der Waals surface area contributed by atoms with Gasteiger partial charge in [-0.05, 0) is 42.4 Å². The third-order valence-electron chi connectivity index (χ3n) is 1.72. The highest BCUT2D eigenvalue weighted by Crippen LogP contribution is 2.29. The molecule has 1 N–H and O–H groups in total. The Kier molecular flexibility index (Phi) is 3.60. The molecule has 0 aliphatic rings. The van der Waals surface area contributed by atoms with Crippen LogP contribution in [0.3, 0.4) is 0 Å². The van der Waals surface area contributed by atoms with E-state index in [4.69, 9.17) is 16.7 Å². The standard InChI is InChI=1S/C9H6ClN3O2S2/c1-4-11-9(17-13-4)16-6-3-2-5(10)7(12-6)8(14)15/h2-3H,1H3,(H,14,15). The third-order valence-corrected chi connectivity index (χ3v) is 3.81. The molecule has 0 atom stereocenters. The highest BCUT2D eigenvalue weighted by molar-refractivity contribution is 8.00. The van der Waals surface area contributed by atoms with E-state index >= 15 is 0 Å². The van der Waals surface area contributed by atoms with Crippen molar-refractivity contribution in [3.63, 3.8) is 0 Å². The molecular weight excluding hydrogens is 282 g/mol. The molecule has 0 aliphatic carbocycles. The summed E-state index contributed by atoms with van der Waals surface area (Å²) in [4.78, 5) is 18.9. The number of pyridine rings is 1. The largest absolute Gasteiger partial charge is 0.476 e. The fourth-order valence-electron chi connectivity index (χ4n) is 1.04. The number of carboxylic acids is 1. The van der Waals surface area contributed by atoms with Crippen LogP contribution in [0.1, 0.15) is 16.3 Å². The van der Waals surface area contributed by atoms with E-state index < -0.39 is 5.97 Å². The average molecular weight is 288 g/mol. The molecule has 2 aromatic heterocycles. The smallest absolute Gasteiger partial charge is 0.356 e. The first-order chi connectivity index (χ1) is 8.06. The number of aromatic carboxylic acids is 1. The maximum atomic E-state index is 10.8. The summed E-state index contributed by atoms with van der Waals surface area (Å²) in [6, 6.07) is 3.16. The van der Waals surface area contributed by atoms with Crippen LogP contribution in [0.2, 0.25) is 5.02 Å². The molecule has 88 valence electrons. The minimum absolute atomic E-state index is 0.121. The Hall–Kier alpha value is -1.18. The van der Waals surface area contributed by atoms with E-state index in [9.17, 15) is 4.79 Å². The second-order valence-electron chi connectivity index (χ2n) is 2.99. The van der Waals surface area contributed by atoms with Gasteiger partial charge in [-0.2, -0.15) is 4.37 Å². The van der Waals surface area contributed by atoms with Crippen molar-refractivity contribution < 1.29 is 9.90 Å². The van der Waals surface area contributed by atoms with Crippen LogP contribution in [0.4, 0.5) is 0 Å². The maximum Gasteiger partial charge on any atom is 0.356 e. The van der Waals surface area contributed by atoms with Gasteiger partial charge < -0.3 is 5.11 Å². The molecule has 0 saturated carbocycles. The Labute approximate surface area is 110 Å². The number of halogens is 1. The van der Waals surface area contributed by atoms with Crippen molar-refractivity contribution >= 4 is 40.9 Å². The molecule has 0 fully saturated rings. The zero-order valence-corrected chi connectivity index (χ0v) is 10.9. The van der Waals surface area contributed by atoms with Crippen molar-refractivity contribution in [3.05, 3.63) is 28.7 Å². The lowest BCUT2D eigenvalue weighted by Crippen LogP contribution is -2.01. The quantitative estimate of drug-likeness (QED) is 0.935. The Bertz CT molecular complexity index is 573. The van der Waals surface area contributed by atoms with Crippen molar-refractivity contribution in [2.45, 2.75) is 16.3 Å². The van der Waals surface area contributed by atoms with Crippen molar-refractivity contribution in [2.75, 3.05) is 0 Å². The number of nitrogens with zero attached hydrogens (tertiary/aromatic N) is 3. The predicted octanol–water partition coefficient (Wildman–Crippen LogP) is 2.74. The molecular formula is C9H6ClN3O2S2. The van der Waals surface area contributed by atoms with Gasteiger partial charge in [0.2, 0.25) is 0 Å². The molecule has 0 amide bonds. The summed E-state index contributed by atoms with van der Waals surface area (Å²) >= 11 is 8.23. The van der Waals surface area contributed by atoms with E-state index in [-0.39, 0.29) is 10.7 Å². The molecule has 17 heavy (non-hydrogen) atoms. The van der Waals surface area contributed by atoms with Crippen molar-refractivity contribution in [2.24, 2.45) is 0 Å². The summed E-state index contributed by atoms with van der Waals surface area (Å²) in [5, 5.41) is 9.53. The van der Waals surface area contributed by atoms with Crippen LogP contribution in [0, 0.1) is 6.92 Å². The number of hydrogen-bond acceptors (Lipinski definition) is 6. The zero-order chi connectivity index (χ0) is 12.4. The van der Waals surface area contributed by atoms with Crippen molar-refractivity contribution in [3.8, 4) is 0 Å². The molecule has 0 radical (unpaired) electrons. The van der Waals surface area contributed by atoms with E-state index in [1.807, 2.05) is 0 Å². The fourth-order valence-corrected chi connectivity index (χ4v) is 2.80. The van der Waals surface area contributed by atoms with Gasteiger partial charge in [-0.15, -0.1) is 0 Å². The van der Waals surface area contributed by atoms with Gasteiger partial charge in [-0.3, -0.25) is 0 Å². The lowest BCUT2D eigenvalue weighted by Gasteiger charge is -2.00. The summed E-state index contributed by atoms with van der Waals surface area (Å²) in [5.41, 5.74) is -0.155. The summed E-state index contributed by atoms with van der Waals surface area (Å²) in [7, 11) is 0. The van der Waals surface area contributed by atoms with Crippen LogP contribution >= 0.6 is 34.9 Å². The molecule has 0 spiro atoms. The highest BCUT2D eigenvalue weighted by Gasteiger charge is 2.13. The topological polar surface area (TPSA) is 76.0 Å². The second-order valence-corrected chi connectivity index (χ2v) is 5.42. The Morgan fingerprint density at radius 1 is 1.47 bits per heavy atom. The molecule has 2 rings (SSSR count). The summed E-state index contributed by atoms with van der Waals surface area (Å²) in [6.07, 6.45) is 0. The molecule has 8 heteroatoms. The first kappa shape index (κ1) is 12.3. The first-order valence-electron chi connectivity index (χ1n) is 4.44. The van der Waals surface area contributed by atoms with Crippen molar-refractivity contribution in [1.82, 2.24) is 14.3 Å². The van der Waals surface area contributed by atoms with Crippen molar-refractivity contribution in [1.29, 1.82) is 0 Å². The molecule has 0 unspecified atom stereocenters. The predicted molar refractivity (Wildman–Crippen MR) is 65.0 cm³/mol. The molecule has 2 aromatic rings. The van der Waals surface area contributed by atoms with Crippen LogP contribution in [-0.4, -0.2) is 25.4 Å². The molecule has 0 bridgehead atoms. The Morgan fingerprint density at radius 3 is 2.82 bits per heavy atom. The number of rotatable bonds is 3. The SMILES string of the molecule is Cc1nsc(Sc2ccc(Cl)c(C(=O)O)n2)n1. The minimum atomic E-state index is -1.15. The molecule has 5 nitrogen and oxygen atoms in total. The number of hydrogen-bond donors (Lipinski definition) is 1. The maximum absolute atomic E-state index is 10.8. The van der Waals surface area contributed by atoms with Crippen LogP contribution in [-0.2, 0) is 0 Å². The molecule has 2 heterocycles. The second kappa shape index (κ2) is 4.99. The normalized spacial score (nSPS) is 10.5. The summed E-state index contributed by atoms with van der Waals surface area (Å²) < 4.78 is 4.74. The van der Waals surface area contributed by atoms with Gasteiger partial charge in [0.05, 0.1) is 5.02 Å². The third kappa shape index (κ3) is 2.93. The lowest BCUT2D eigenvalue weighted by molar-refractivity contribution is 0.0690. The van der Waals surface area contributed by atoms with Gasteiger partial charge >= 0.3 is 5.97 Å². The monoisotopic (exact) mass is 287 g/mol. The van der Waals surface area contributed by atoms with Gasteiger partial charge in [0.1, 0.15) is 10.9 Å². The van der Waals surface area contributed by atoms with Crippen LogP contribution in [0.5, 0.6) is 0 Å². The number of carbonyl (C=O) groups is 1. The van der Waals surface area contributed by atoms with E-state index in [0.29, 0.717) is 15.2 Å². The summed E-state index contributed by atoms with van der Waals surface area (Å²) in [5.74, 6) is -0.462. The van der Waals surface area contributed by atoms with Crippen LogP contribution < -0.4 is 0 Å². The highest BCUT2D eigenvalue weighted by atomic mass is 35.5. The zero-order valence-electron chi connectivity index (χ0n) is 8.55. The molecule has 0 saturated heterocycles. The lowest BCUT2D eigenvalue weighted by atomic mass is 10.3. The number of aromatic nitrogens is 3. The van der Waals surface area contributed by atoms with Gasteiger partial charge in [0.15, 0.2) is 10.0 Å². The fraction of sp³-hybridized carbons (Fsp3) is 0.111. The molecule has 0 aliphatic heterocycles. The average Bonchev–Trinajstić information content (AvgIpc) is 2.66. The Morgan fingerprint density at radius 2 is 2.24 bits per heavy atom. The van der Waals surface area contributed by atoms with Crippen LogP contribution in [0.15, 0.2) is 21.5 Å². The number of carboxylic acid groups (broad SMARTS) is 1. The number of aryl methyl sites for hydroxylation is 1. The van der Waals surface area contributed by atoms with Gasteiger partial charge in [-0.1, -0.05) is 11.6 Å². The van der Waals surface area contributed by atoms with Crippen LogP contribution in [0.25, 0.3) is 0 Å². The van der Waals surface area contributed by atoms with E-state index in [1.165, 1.54) is 29.4 Å². The van der Waals surface area contributed by atoms with Gasteiger partial charge in [0.25, 0.3) is 0 Å². The molecule has 0 aromatic carbocycles. The van der Waals surface area contributed by atoms with E-state index in [0.717, 1.165) is 0 Å². The van der Waals surface area contributed by atoms with Gasteiger partial charge in [-0.25, -0.2) is 14.8 Å². The Balaban J connectivity index is 2.28. The summed E-state index contributed by atoms with van der Waals surface area (Å²) in [6.45, 7) is 1.79. The minimum Gasteiger partial charge on any atom is -0.476 e. The van der Waals surface area contributed by atoms with Gasteiger partial charge in [0, 0.05) is 0 Å². The first-order valence-corrected chi connectivity index (χ1v) is 6.41. The van der Waals surface area contributed by atoms with E-state index in [2.05, 4.69) is 14.3 Å². The van der Waals surface area contributed by atoms with E-state index in [1.54, 1.807) is 13.0 Å².